The largest absolute Gasteiger partial charge is 0.359 e. The van der Waals surface area contributed by atoms with Crippen molar-refractivity contribution in [2.45, 2.75) is 32.6 Å². The van der Waals surface area contributed by atoms with E-state index >= 15 is 0 Å². The summed E-state index contributed by atoms with van der Waals surface area (Å²) < 4.78 is 0. The maximum Gasteiger partial charge on any atom is 0.325 e. The first kappa shape index (κ1) is 17.0. The van der Waals surface area contributed by atoms with Crippen LogP contribution in [0.15, 0.2) is 9.59 Å². The fraction of sp³-hybridized carbons (Fsp3) is 0.600. The van der Waals surface area contributed by atoms with Crippen molar-refractivity contribution in [3.8, 4) is 0 Å². The predicted octanol–water partition coefficient (Wildman–Crippen LogP) is -0.711. The number of nitrogens with one attached hydrogen (secondary N) is 3. The van der Waals surface area contributed by atoms with E-state index in [-0.39, 0.29) is 30.6 Å². The Bertz CT molecular complexity index is 698. The maximum absolute atomic E-state index is 12.2. The molecule has 0 aromatic carbocycles. The maximum atomic E-state index is 12.2. The van der Waals surface area contributed by atoms with Gasteiger partial charge in [-0.25, -0.2) is 4.79 Å². The number of aromatic nitrogens is 2. The lowest BCUT2D eigenvalue weighted by atomic mass is 9.95. The van der Waals surface area contributed by atoms with Crippen molar-refractivity contribution >= 4 is 11.8 Å². The summed E-state index contributed by atoms with van der Waals surface area (Å²) >= 11 is 0. The number of piperidine rings is 1. The predicted molar refractivity (Wildman–Crippen MR) is 84.1 cm³/mol. The Balaban J connectivity index is 1.91. The smallest absolute Gasteiger partial charge is 0.325 e. The van der Waals surface area contributed by atoms with E-state index in [1.807, 2.05) is 0 Å². The number of carbonyl (C=O) groups excluding carboxylic acids is 2. The van der Waals surface area contributed by atoms with E-state index in [1.54, 1.807) is 18.9 Å². The van der Waals surface area contributed by atoms with Crippen molar-refractivity contribution in [2.24, 2.45) is 5.92 Å². The average molecular weight is 322 g/mol. The van der Waals surface area contributed by atoms with Crippen LogP contribution in [0.4, 0.5) is 0 Å². The lowest BCUT2D eigenvalue weighted by Gasteiger charge is -2.31. The third-order valence-corrected chi connectivity index (χ3v) is 4.31. The van der Waals surface area contributed by atoms with Gasteiger partial charge in [-0.05, 0) is 26.2 Å². The number of likely N-dealkylation sites (tertiary alicyclic amines) is 1. The van der Waals surface area contributed by atoms with E-state index in [1.165, 1.54) is 0 Å². The lowest BCUT2D eigenvalue weighted by molar-refractivity contribution is -0.135. The molecular weight excluding hydrogens is 300 g/mol. The molecule has 1 fully saturated rings. The highest BCUT2D eigenvalue weighted by molar-refractivity contribution is 5.80. The molecule has 0 unspecified atom stereocenters. The number of amides is 2. The van der Waals surface area contributed by atoms with Gasteiger partial charge >= 0.3 is 5.69 Å². The second-order valence-electron chi connectivity index (χ2n) is 5.78. The molecule has 0 aliphatic carbocycles. The van der Waals surface area contributed by atoms with Crippen molar-refractivity contribution in [2.75, 3.05) is 20.1 Å². The quantitative estimate of drug-likeness (QED) is 0.679. The highest BCUT2D eigenvalue weighted by Gasteiger charge is 2.26. The van der Waals surface area contributed by atoms with Crippen LogP contribution < -0.4 is 16.6 Å². The first-order valence-electron chi connectivity index (χ1n) is 7.73. The van der Waals surface area contributed by atoms with Crippen LogP contribution in [-0.4, -0.2) is 46.8 Å². The van der Waals surface area contributed by atoms with Crippen LogP contribution in [0, 0.1) is 12.8 Å². The van der Waals surface area contributed by atoms with Crippen LogP contribution in [0.2, 0.25) is 0 Å². The number of aromatic amines is 2. The minimum atomic E-state index is -0.543. The molecule has 2 heterocycles. The van der Waals surface area contributed by atoms with Crippen LogP contribution in [0.25, 0.3) is 0 Å². The molecule has 8 heteroatoms. The molecule has 2 amide bonds. The molecule has 0 radical (unpaired) electrons. The summed E-state index contributed by atoms with van der Waals surface area (Å²) in [4.78, 5) is 53.1. The number of carbonyl (C=O) groups is 2. The van der Waals surface area contributed by atoms with E-state index < -0.39 is 11.2 Å². The summed E-state index contributed by atoms with van der Waals surface area (Å²) in [7, 11) is 1.61. The van der Waals surface area contributed by atoms with Gasteiger partial charge in [0.05, 0.1) is 0 Å². The summed E-state index contributed by atoms with van der Waals surface area (Å²) in [6.45, 7) is 2.75. The Morgan fingerprint density at radius 3 is 2.43 bits per heavy atom. The van der Waals surface area contributed by atoms with Crippen molar-refractivity contribution < 1.29 is 9.59 Å². The van der Waals surface area contributed by atoms with Gasteiger partial charge in [0.2, 0.25) is 11.8 Å². The molecule has 0 spiro atoms. The summed E-state index contributed by atoms with van der Waals surface area (Å²) in [5, 5.41) is 2.63. The number of hydrogen-bond donors (Lipinski definition) is 3. The molecule has 0 saturated carbocycles. The Kier molecular flexibility index (Phi) is 5.36. The van der Waals surface area contributed by atoms with Crippen molar-refractivity contribution in [1.29, 1.82) is 0 Å². The highest BCUT2D eigenvalue weighted by Crippen LogP contribution is 2.18. The zero-order chi connectivity index (χ0) is 17.0. The van der Waals surface area contributed by atoms with Gasteiger partial charge in [-0.3, -0.25) is 19.4 Å². The molecule has 1 saturated heterocycles. The number of H-pyrrole nitrogens is 2. The van der Waals surface area contributed by atoms with Crippen LogP contribution >= 0.6 is 0 Å². The van der Waals surface area contributed by atoms with Gasteiger partial charge in [-0.2, -0.15) is 0 Å². The van der Waals surface area contributed by atoms with Gasteiger partial charge in [0.15, 0.2) is 0 Å². The lowest BCUT2D eigenvalue weighted by Crippen LogP contribution is -2.42. The zero-order valence-electron chi connectivity index (χ0n) is 13.4. The summed E-state index contributed by atoms with van der Waals surface area (Å²) in [5.74, 6) is -0.0498. The second-order valence-corrected chi connectivity index (χ2v) is 5.78. The minimum Gasteiger partial charge on any atom is -0.359 e. The number of hydrogen-bond acceptors (Lipinski definition) is 4. The Morgan fingerprint density at radius 2 is 1.87 bits per heavy atom. The zero-order valence-corrected chi connectivity index (χ0v) is 13.4. The molecule has 0 bridgehead atoms. The molecule has 126 valence electrons. The third kappa shape index (κ3) is 4.08. The first-order valence-corrected chi connectivity index (χ1v) is 7.73. The topological polar surface area (TPSA) is 115 Å². The van der Waals surface area contributed by atoms with E-state index in [0.29, 0.717) is 37.2 Å². The molecule has 8 nitrogen and oxygen atoms in total. The van der Waals surface area contributed by atoms with Crippen LogP contribution in [-0.2, 0) is 16.0 Å². The van der Waals surface area contributed by atoms with Crippen LogP contribution in [0.5, 0.6) is 0 Å². The molecule has 1 aliphatic heterocycles. The number of aryl methyl sites for hydroxylation is 1. The summed E-state index contributed by atoms with van der Waals surface area (Å²) in [6.07, 6.45) is 1.81. The number of rotatable bonds is 4. The fourth-order valence-electron chi connectivity index (χ4n) is 2.91. The van der Waals surface area contributed by atoms with Crippen molar-refractivity contribution in [3.05, 3.63) is 32.1 Å². The van der Waals surface area contributed by atoms with Crippen molar-refractivity contribution in [3.63, 3.8) is 0 Å². The van der Waals surface area contributed by atoms with Gasteiger partial charge in [-0.15, -0.1) is 0 Å². The Hall–Kier alpha value is -2.38. The molecule has 2 rings (SSSR count). The van der Waals surface area contributed by atoms with Crippen LogP contribution in [0.3, 0.4) is 0 Å². The average Bonchev–Trinajstić information content (AvgIpc) is 2.53. The normalized spacial score (nSPS) is 15.5. The molecule has 1 aromatic rings. The van der Waals surface area contributed by atoms with Gasteiger partial charge in [0.25, 0.3) is 5.56 Å². The fourth-order valence-corrected chi connectivity index (χ4v) is 2.91. The van der Waals surface area contributed by atoms with Gasteiger partial charge in [-0.1, -0.05) is 0 Å². The molecule has 3 N–H and O–H groups in total. The molecule has 0 atom stereocenters. The van der Waals surface area contributed by atoms with Gasteiger partial charge in [0.1, 0.15) is 0 Å². The number of nitrogens with zero attached hydrogens (tertiary/aromatic N) is 1. The standard InChI is InChI=1S/C15H22N4O4/c1-9-11(14(22)18-15(23)17-9)3-4-12(20)19-7-5-10(6-8-19)13(21)16-2/h10H,3-8H2,1-2H3,(H,16,21)(H2,17,18,22,23). The van der Waals surface area contributed by atoms with Crippen molar-refractivity contribution in [1.82, 2.24) is 20.2 Å². The summed E-state index contributed by atoms with van der Waals surface area (Å²) in [6, 6.07) is 0. The van der Waals surface area contributed by atoms with E-state index in [2.05, 4.69) is 15.3 Å². The highest BCUT2D eigenvalue weighted by atomic mass is 16.2. The van der Waals surface area contributed by atoms with E-state index in [4.69, 9.17) is 0 Å². The SMILES string of the molecule is CNC(=O)C1CCN(C(=O)CCc2c(C)[nH]c(=O)[nH]c2=O)CC1. The minimum absolute atomic E-state index is 0.0208. The Morgan fingerprint density at radius 1 is 1.22 bits per heavy atom. The van der Waals surface area contributed by atoms with Gasteiger partial charge < -0.3 is 15.2 Å². The second kappa shape index (κ2) is 7.26. The molecule has 23 heavy (non-hydrogen) atoms. The molecule has 1 aromatic heterocycles. The summed E-state index contributed by atoms with van der Waals surface area (Å²) in [5.41, 5.74) is -0.0701. The molecule has 1 aliphatic rings. The van der Waals surface area contributed by atoms with Crippen LogP contribution in [0.1, 0.15) is 30.5 Å². The van der Waals surface area contributed by atoms with E-state index in [9.17, 15) is 19.2 Å². The van der Waals surface area contributed by atoms with E-state index in [0.717, 1.165) is 0 Å². The molecular formula is C15H22N4O4. The monoisotopic (exact) mass is 322 g/mol. The Labute approximate surface area is 133 Å². The third-order valence-electron chi connectivity index (χ3n) is 4.31. The first-order chi connectivity index (χ1) is 10.9. The van der Waals surface area contributed by atoms with Gasteiger partial charge in [0, 0.05) is 43.7 Å².